The molecule has 0 unspecified atom stereocenters. The SMILES string of the molecule is Cc1ccccc1CSc1cn(C)c2ccccc12. The lowest BCUT2D eigenvalue weighted by Gasteiger charge is -2.04. The highest BCUT2D eigenvalue weighted by Gasteiger charge is 2.07. The molecule has 0 bridgehead atoms. The second kappa shape index (κ2) is 5.14. The maximum Gasteiger partial charge on any atom is 0.0489 e. The molecule has 1 heterocycles. The molecule has 2 aromatic carbocycles. The number of hydrogen-bond donors (Lipinski definition) is 0. The number of hydrogen-bond acceptors (Lipinski definition) is 1. The Hall–Kier alpha value is -1.67. The zero-order valence-corrected chi connectivity index (χ0v) is 12.1. The quantitative estimate of drug-likeness (QED) is 0.618. The van der Waals surface area contributed by atoms with Gasteiger partial charge in [-0.15, -0.1) is 11.8 Å². The van der Waals surface area contributed by atoms with E-state index in [1.165, 1.54) is 26.9 Å². The molecule has 0 saturated carbocycles. The second-order valence-electron chi connectivity index (χ2n) is 4.84. The molecule has 0 fully saturated rings. The van der Waals surface area contributed by atoms with Crippen LogP contribution >= 0.6 is 11.8 Å². The Balaban J connectivity index is 1.88. The molecule has 0 radical (unpaired) electrons. The molecule has 3 rings (SSSR count). The molecule has 0 aliphatic rings. The lowest BCUT2D eigenvalue weighted by atomic mass is 10.1. The Kier molecular flexibility index (Phi) is 3.34. The van der Waals surface area contributed by atoms with E-state index in [1.807, 2.05) is 11.8 Å². The van der Waals surface area contributed by atoms with Crippen molar-refractivity contribution in [1.82, 2.24) is 4.57 Å². The maximum atomic E-state index is 2.23. The summed E-state index contributed by atoms with van der Waals surface area (Å²) in [7, 11) is 2.11. The Morgan fingerprint density at radius 1 is 1.00 bits per heavy atom. The van der Waals surface area contributed by atoms with Gasteiger partial charge in [-0.3, -0.25) is 0 Å². The molecule has 96 valence electrons. The first-order valence-corrected chi connectivity index (χ1v) is 7.45. The summed E-state index contributed by atoms with van der Waals surface area (Å²) in [6, 6.07) is 17.2. The Labute approximate surface area is 118 Å². The van der Waals surface area contributed by atoms with Gasteiger partial charge in [0.05, 0.1) is 0 Å². The van der Waals surface area contributed by atoms with E-state index in [4.69, 9.17) is 0 Å². The van der Waals surface area contributed by atoms with Crippen LogP contribution in [0.5, 0.6) is 0 Å². The van der Waals surface area contributed by atoms with Gasteiger partial charge in [-0.1, -0.05) is 42.5 Å². The monoisotopic (exact) mass is 267 g/mol. The fourth-order valence-corrected chi connectivity index (χ4v) is 3.54. The molecule has 1 nitrogen and oxygen atoms in total. The topological polar surface area (TPSA) is 4.93 Å². The third kappa shape index (κ3) is 2.41. The van der Waals surface area contributed by atoms with Gasteiger partial charge in [0.15, 0.2) is 0 Å². The van der Waals surface area contributed by atoms with Gasteiger partial charge in [0, 0.05) is 34.8 Å². The van der Waals surface area contributed by atoms with Crippen molar-refractivity contribution >= 4 is 22.7 Å². The van der Waals surface area contributed by atoms with Crippen molar-refractivity contribution in [2.75, 3.05) is 0 Å². The minimum Gasteiger partial charge on any atom is -0.349 e. The minimum absolute atomic E-state index is 1.03. The Morgan fingerprint density at radius 2 is 1.74 bits per heavy atom. The van der Waals surface area contributed by atoms with Crippen molar-refractivity contribution in [2.45, 2.75) is 17.6 Å². The summed E-state index contributed by atoms with van der Waals surface area (Å²) in [5.74, 6) is 1.03. The Morgan fingerprint density at radius 3 is 2.58 bits per heavy atom. The lowest BCUT2D eigenvalue weighted by Crippen LogP contribution is -1.84. The largest absolute Gasteiger partial charge is 0.349 e. The van der Waals surface area contributed by atoms with E-state index < -0.39 is 0 Å². The molecule has 0 aliphatic heterocycles. The summed E-state index contributed by atoms with van der Waals surface area (Å²) in [5, 5.41) is 1.35. The summed E-state index contributed by atoms with van der Waals surface area (Å²) < 4.78 is 2.20. The van der Waals surface area contributed by atoms with Crippen LogP contribution in [-0.2, 0) is 12.8 Å². The number of thioether (sulfide) groups is 1. The van der Waals surface area contributed by atoms with Crippen LogP contribution < -0.4 is 0 Å². The van der Waals surface area contributed by atoms with Gasteiger partial charge < -0.3 is 4.57 Å². The molecular formula is C17H17NS. The summed E-state index contributed by atoms with van der Waals surface area (Å²) in [6.45, 7) is 2.18. The first-order chi connectivity index (χ1) is 9.25. The van der Waals surface area contributed by atoms with Crippen LogP contribution in [0.3, 0.4) is 0 Å². The summed E-state index contributed by atoms with van der Waals surface area (Å²) in [5.41, 5.74) is 4.09. The van der Waals surface area contributed by atoms with Crippen LogP contribution in [0.15, 0.2) is 59.6 Å². The van der Waals surface area contributed by atoms with E-state index in [1.54, 1.807) is 0 Å². The summed E-state index contributed by atoms with van der Waals surface area (Å²) in [6.07, 6.45) is 2.23. The van der Waals surface area contributed by atoms with E-state index in [-0.39, 0.29) is 0 Å². The molecule has 0 saturated heterocycles. The predicted octanol–water partition coefficient (Wildman–Crippen LogP) is 4.78. The fourth-order valence-electron chi connectivity index (χ4n) is 2.35. The van der Waals surface area contributed by atoms with Gasteiger partial charge in [-0.05, 0) is 24.1 Å². The zero-order chi connectivity index (χ0) is 13.2. The number of fused-ring (bicyclic) bond motifs is 1. The highest BCUT2D eigenvalue weighted by Crippen LogP contribution is 2.32. The molecular weight excluding hydrogens is 250 g/mol. The number of para-hydroxylation sites is 1. The third-order valence-corrected chi connectivity index (χ3v) is 4.60. The normalized spacial score (nSPS) is 11.1. The van der Waals surface area contributed by atoms with Gasteiger partial charge in [0.1, 0.15) is 0 Å². The van der Waals surface area contributed by atoms with Gasteiger partial charge in [-0.25, -0.2) is 0 Å². The van der Waals surface area contributed by atoms with Gasteiger partial charge in [0.25, 0.3) is 0 Å². The number of rotatable bonds is 3. The maximum absolute atomic E-state index is 2.23. The van der Waals surface area contributed by atoms with E-state index in [0.29, 0.717) is 0 Å². The van der Waals surface area contributed by atoms with Crippen molar-refractivity contribution < 1.29 is 0 Å². The first kappa shape index (κ1) is 12.4. The average Bonchev–Trinajstić information content (AvgIpc) is 2.75. The van der Waals surface area contributed by atoms with Crippen LogP contribution in [0.25, 0.3) is 10.9 Å². The zero-order valence-electron chi connectivity index (χ0n) is 11.3. The molecule has 0 aliphatic carbocycles. The molecule has 0 amide bonds. The van der Waals surface area contributed by atoms with Crippen molar-refractivity contribution in [3.63, 3.8) is 0 Å². The molecule has 3 aromatic rings. The molecule has 1 aromatic heterocycles. The Bertz CT molecular complexity index is 712. The summed E-state index contributed by atoms with van der Waals surface area (Å²) >= 11 is 1.92. The fraction of sp³-hybridized carbons (Fsp3) is 0.176. The van der Waals surface area contributed by atoms with E-state index in [0.717, 1.165) is 5.75 Å². The van der Waals surface area contributed by atoms with Crippen LogP contribution in [0.4, 0.5) is 0 Å². The van der Waals surface area contributed by atoms with Crippen molar-refractivity contribution in [1.29, 1.82) is 0 Å². The molecule has 0 N–H and O–H groups in total. The van der Waals surface area contributed by atoms with Crippen LogP contribution in [0.1, 0.15) is 11.1 Å². The van der Waals surface area contributed by atoms with Crippen molar-refractivity contribution in [2.24, 2.45) is 7.05 Å². The molecule has 19 heavy (non-hydrogen) atoms. The highest BCUT2D eigenvalue weighted by molar-refractivity contribution is 7.98. The third-order valence-electron chi connectivity index (χ3n) is 3.50. The molecule has 2 heteroatoms. The summed E-state index contributed by atoms with van der Waals surface area (Å²) in [4.78, 5) is 1.36. The van der Waals surface area contributed by atoms with Gasteiger partial charge in [0.2, 0.25) is 0 Å². The van der Waals surface area contributed by atoms with Gasteiger partial charge >= 0.3 is 0 Å². The standard InChI is InChI=1S/C17H17NS/c1-13-7-3-4-8-14(13)12-19-17-11-18(2)16-10-6-5-9-15(16)17/h3-11H,12H2,1-2H3. The second-order valence-corrected chi connectivity index (χ2v) is 5.85. The first-order valence-electron chi connectivity index (χ1n) is 6.47. The molecule has 0 atom stereocenters. The van der Waals surface area contributed by atoms with Crippen LogP contribution in [-0.4, -0.2) is 4.57 Å². The number of benzene rings is 2. The number of aromatic nitrogens is 1. The highest BCUT2D eigenvalue weighted by atomic mass is 32.2. The lowest BCUT2D eigenvalue weighted by molar-refractivity contribution is 0.957. The minimum atomic E-state index is 1.03. The van der Waals surface area contributed by atoms with Crippen molar-refractivity contribution in [3.05, 3.63) is 65.9 Å². The van der Waals surface area contributed by atoms with E-state index in [9.17, 15) is 0 Å². The van der Waals surface area contributed by atoms with Crippen LogP contribution in [0, 0.1) is 6.92 Å². The smallest absolute Gasteiger partial charge is 0.0489 e. The van der Waals surface area contributed by atoms with Gasteiger partial charge in [-0.2, -0.15) is 0 Å². The number of nitrogens with zero attached hydrogens (tertiary/aromatic N) is 1. The van der Waals surface area contributed by atoms with Crippen molar-refractivity contribution in [3.8, 4) is 0 Å². The van der Waals surface area contributed by atoms with Crippen LogP contribution in [0.2, 0.25) is 0 Å². The number of aryl methyl sites for hydroxylation is 2. The average molecular weight is 267 g/mol. The molecule has 0 spiro atoms. The predicted molar refractivity (Wildman–Crippen MR) is 83.7 cm³/mol. The van der Waals surface area contributed by atoms with E-state index >= 15 is 0 Å². The van der Waals surface area contributed by atoms with E-state index in [2.05, 4.69) is 73.3 Å².